The Morgan fingerprint density at radius 2 is 1.06 bits per heavy atom. The van der Waals surface area contributed by atoms with E-state index in [0.717, 1.165) is 57.8 Å². The van der Waals surface area contributed by atoms with Gasteiger partial charge in [-0.25, -0.2) is 4.57 Å². The van der Waals surface area contributed by atoms with Gasteiger partial charge in [-0.2, -0.15) is 0 Å². The Morgan fingerprint density at radius 3 is 1.61 bits per heavy atom. The summed E-state index contributed by atoms with van der Waals surface area (Å²) in [6.45, 7) is 4.30. The van der Waals surface area contributed by atoms with E-state index in [-0.39, 0.29) is 32.0 Å². The Kier molecular flexibility index (Phi) is 32.4. The standard InChI is InChI=1S/C41H74NO8P/c1-6-8-10-12-14-16-17-18-19-20-21-22-23-24-25-26-28-30-32-34-41(44)50-39(38-49-51(45,46)48-36-35-42(3,4)5)37-47-40(43)33-31-29-27-15-13-11-9-7-2/h14,16,18-19,21-22,24-25,39H,6-13,15,17,20,23,26-38H2,1-5H3/p+1/b16-14+,19-18+,22-21+,25-24+/t39-/m1/s1. The summed E-state index contributed by atoms with van der Waals surface area (Å²) in [5.41, 5.74) is 0. The van der Waals surface area contributed by atoms with Gasteiger partial charge in [0, 0.05) is 12.8 Å². The molecule has 2 atom stereocenters. The number of phosphoric acid groups is 1. The molecule has 1 unspecified atom stereocenters. The van der Waals surface area contributed by atoms with Gasteiger partial charge in [-0.3, -0.25) is 18.6 Å². The van der Waals surface area contributed by atoms with Crippen LogP contribution in [0.4, 0.5) is 0 Å². The molecule has 0 amide bonds. The summed E-state index contributed by atoms with van der Waals surface area (Å²) in [5, 5.41) is 0. The van der Waals surface area contributed by atoms with Gasteiger partial charge in [-0.15, -0.1) is 0 Å². The van der Waals surface area contributed by atoms with Crippen molar-refractivity contribution in [2.45, 2.75) is 155 Å². The van der Waals surface area contributed by atoms with E-state index < -0.39 is 26.5 Å². The number of quaternary nitrogens is 1. The van der Waals surface area contributed by atoms with Gasteiger partial charge in [0.1, 0.15) is 19.8 Å². The van der Waals surface area contributed by atoms with Crippen LogP contribution in [-0.2, 0) is 32.7 Å². The van der Waals surface area contributed by atoms with Crippen molar-refractivity contribution < 1.29 is 42.1 Å². The molecule has 0 spiro atoms. The lowest BCUT2D eigenvalue weighted by atomic mass is 10.1. The molecule has 10 heteroatoms. The molecule has 0 aromatic rings. The van der Waals surface area contributed by atoms with E-state index in [1.807, 2.05) is 21.1 Å². The number of carbonyl (C=O) groups excluding carboxylic acids is 2. The minimum absolute atomic E-state index is 0.0242. The predicted octanol–water partition coefficient (Wildman–Crippen LogP) is 10.7. The maximum absolute atomic E-state index is 12.6. The first kappa shape index (κ1) is 49.0. The lowest BCUT2D eigenvalue weighted by Gasteiger charge is -2.24. The molecule has 0 bridgehead atoms. The fraction of sp³-hybridized carbons (Fsp3) is 0.756. The molecule has 0 rings (SSSR count). The second-order valence-electron chi connectivity index (χ2n) is 14.3. The van der Waals surface area contributed by atoms with E-state index in [4.69, 9.17) is 18.5 Å². The minimum Gasteiger partial charge on any atom is -0.462 e. The molecule has 0 saturated carbocycles. The molecule has 0 aromatic heterocycles. The van der Waals surface area contributed by atoms with Crippen molar-refractivity contribution in [1.82, 2.24) is 0 Å². The zero-order valence-electron chi connectivity index (χ0n) is 33.1. The van der Waals surface area contributed by atoms with Gasteiger partial charge in [0.25, 0.3) is 0 Å². The fourth-order valence-corrected chi connectivity index (χ4v) is 5.68. The van der Waals surface area contributed by atoms with Crippen LogP contribution in [0.2, 0.25) is 0 Å². The number of carbonyl (C=O) groups is 2. The number of esters is 2. The van der Waals surface area contributed by atoms with Crippen LogP contribution in [0.1, 0.15) is 149 Å². The van der Waals surface area contributed by atoms with E-state index in [9.17, 15) is 19.0 Å². The summed E-state index contributed by atoms with van der Waals surface area (Å²) in [6.07, 6.45) is 37.4. The normalized spacial score (nSPS) is 14.2. The number of ether oxygens (including phenoxy) is 2. The first-order valence-electron chi connectivity index (χ1n) is 19.9. The van der Waals surface area contributed by atoms with Crippen LogP contribution >= 0.6 is 7.82 Å². The Bertz CT molecular complexity index is 1020. The van der Waals surface area contributed by atoms with Crippen LogP contribution in [0.5, 0.6) is 0 Å². The van der Waals surface area contributed by atoms with E-state index >= 15 is 0 Å². The van der Waals surface area contributed by atoms with Crippen LogP contribution in [0.3, 0.4) is 0 Å². The van der Waals surface area contributed by atoms with E-state index in [1.165, 1.54) is 57.8 Å². The lowest BCUT2D eigenvalue weighted by Crippen LogP contribution is -2.37. The largest absolute Gasteiger partial charge is 0.472 e. The fourth-order valence-electron chi connectivity index (χ4n) is 4.94. The van der Waals surface area contributed by atoms with Gasteiger partial charge in [0.2, 0.25) is 0 Å². The molecule has 0 aromatic carbocycles. The summed E-state index contributed by atoms with van der Waals surface area (Å²) in [6, 6.07) is 0. The van der Waals surface area contributed by atoms with Gasteiger partial charge in [0.15, 0.2) is 6.10 Å². The third-order valence-corrected chi connectivity index (χ3v) is 9.10. The molecule has 0 fully saturated rings. The van der Waals surface area contributed by atoms with Crippen LogP contribution < -0.4 is 0 Å². The molecular formula is C41H75NO8P+. The van der Waals surface area contributed by atoms with Crippen LogP contribution in [0.15, 0.2) is 48.6 Å². The first-order chi connectivity index (χ1) is 24.5. The Hall–Kier alpha value is -2.03. The molecule has 9 nitrogen and oxygen atoms in total. The molecule has 0 radical (unpaired) electrons. The zero-order valence-corrected chi connectivity index (χ0v) is 34.0. The van der Waals surface area contributed by atoms with Gasteiger partial charge < -0.3 is 18.9 Å². The Balaban J connectivity index is 4.44. The molecule has 0 saturated heterocycles. The first-order valence-corrected chi connectivity index (χ1v) is 21.4. The maximum Gasteiger partial charge on any atom is 0.472 e. The Morgan fingerprint density at radius 1 is 0.608 bits per heavy atom. The molecule has 0 aliphatic heterocycles. The monoisotopic (exact) mass is 741 g/mol. The zero-order chi connectivity index (χ0) is 37.9. The highest BCUT2D eigenvalue weighted by Gasteiger charge is 2.27. The number of hydrogen-bond donors (Lipinski definition) is 1. The van der Waals surface area contributed by atoms with Gasteiger partial charge >= 0.3 is 19.8 Å². The van der Waals surface area contributed by atoms with Crippen molar-refractivity contribution >= 4 is 19.8 Å². The third kappa shape index (κ3) is 37.5. The van der Waals surface area contributed by atoms with Crippen molar-refractivity contribution in [2.24, 2.45) is 0 Å². The van der Waals surface area contributed by atoms with Crippen molar-refractivity contribution in [1.29, 1.82) is 0 Å². The Labute approximate surface area is 312 Å². The summed E-state index contributed by atoms with van der Waals surface area (Å²) in [7, 11) is 1.45. The minimum atomic E-state index is -4.37. The summed E-state index contributed by atoms with van der Waals surface area (Å²) >= 11 is 0. The number of allylic oxidation sites excluding steroid dienone is 8. The summed E-state index contributed by atoms with van der Waals surface area (Å²) < 4.78 is 34.1. The average molecular weight is 741 g/mol. The highest BCUT2D eigenvalue weighted by atomic mass is 31.2. The third-order valence-electron chi connectivity index (χ3n) is 8.11. The van der Waals surface area contributed by atoms with Crippen molar-refractivity contribution in [3.05, 3.63) is 48.6 Å². The predicted molar refractivity (Wildman–Crippen MR) is 210 cm³/mol. The van der Waals surface area contributed by atoms with E-state index in [2.05, 4.69) is 62.5 Å². The smallest absolute Gasteiger partial charge is 0.462 e. The number of hydrogen-bond acceptors (Lipinski definition) is 7. The van der Waals surface area contributed by atoms with Crippen molar-refractivity contribution in [2.75, 3.05) is 47.5 Å². The maximum atomic E-state index is 12.6. The molecule has 0 heterocycles. The van der Waals surface area contributed by atoms with Gasteiger partial charge in [0.05, 0.1) is 27.7 Å². The van der Waals surface area contributed by atoms with Gasteiger partial charge in [-0.05, 0) is 57.8 Å². The molecule has 1 N–H and O–H groups in total. The topological polar surface area (TPSA) is 108 Å². The number of unbranched alkanes of at least 4 members (excludes halogenated alkanes) is 13. The highest BCUT2D eigenvalue weighted by Crippen LogP contribution is 2.43. The SMILES string of the molecule is CCCCC/C=C/C/C=C/C/C=C/C/C=C/CCCCCC(=O)O[C@H](COC(=O)CCCCCCCCCC)COP(=O)(O)OCC[N+](C)(C)C. The van der Waals surface area contributed by atoms with E-state index in [0.29, 0.717) is 17.4 Å². The number of likely N-dealkylation sites (N-methyl/N-ethyl adjacent to an activating group) is 1. The molecule has 0 aliphatic carbocycles. The number of rotatable bonds is 35. The number of phosphoric ester groups is 1. The van der Waals surface area contributed by atoms with E-state index in [1.54, 1.807) is 0 Å². The van der Waals surface area contributed by atoms with Crippen LogP contribution in [-0.4, -0.2) is 74.9 Å². The second-order valence-corrected chi connectivity index (χ2v) is 15.8. The molecule has 0 aliphatic rings. The van der Waals surface area contributed by atoms with Crippen LogP contribution in [0, 0.1) is 0 Å². The highest BCUT2D eigenvalue weighted by molar-refractivity contribution is 7.47. The molecule has 296 valence electrons. The second kappa shape index (κ2) is 33.8. The quantitative estimate of drug-likeness (QED) is 0.0225. The van der Waals surface area contributed by atoms with Gasteiger partial charge in [-0.1, -0.05) is 127 Å². The average Bonchev–Trinajstić information content (AvgIpc) is 3.07. The van der Waals surface area contributed by atoms with Crippen molar-refractivity contribution in [3.8, 4) is 0 Å². The lowest BCUT2D eigenvalue weighted by molar-refractivity contribution is -0.870. The molecule has 51 heavy (non-hydrogen) atoms. The summed E-state index contributed by atoms with van der Waals surface area (Å²) in [5.74, 6) is -0.843. The number of nitrogens with zero attached hydrogens (tertiary/aromatic N) is 1. The van der Waals surface area contributed by atoms with Crippen LogP contribution in [0.25, 0.3) is 0 Å². The summed E-state index contributed by atoms with van der Waals surface area (Å²) in [4.78, 5) is 35.1. The van der Waals surface area contributed by atoms with Crippen molar-refractivity contribution in [3.63, 3.8) is 0 Å². The molecular weight excluding hydrogens is 665 g/mol.